The van der Waals surface area contributed by atoms with Gasteiger partial charge in [-0.05, 0) is 18.8 Å². The molecule has 0 spiro atoms. The number of carbonyl (C=O) groups is 2. The number of aryl methyl sites for hydroxylation is 1. The summed E-state index contributed by atoms with van der Waals surface area (Å²) in [6, 6.07) is 1.43. The smallest absolute Gasteiger partial charge is 0.481 e. The Morgan fingerprint density at radius 3 is 2.32 bits per heavy atom. The van der Waals surface area contributed by atoms with Gasteiger partial charge < -0.3 is 15.5 Å². The van der Waals surface area contributed by atoms with Crippen LogP contribution in [0.3, 0.4) is 0 Å². The molecule has 12 heteroatoms. The lowest BCUT2D eigenvalue weighted by Crippen LogP contribution is -2.33. The normalized spacial score (nSPS) is 15.9. The number of rotatable bonds is 5. The molecule has 0 aromatic carbocycles. The summed E-state index contributed by atoms with van der Waals surface area (Å²) < 4.78 is 32.9. The zero-order valence-electron chi connectivity index (χ0n) is 15.0. The molecule has 1 aromatic heterocycles. The number of nitrogens with one attached hydrogen (secondary N) is 1. The van der Waals surface area contributed by atoms with Crippen molar-refractivity contribution in [3.63, 3.8) is 0 Å². The predicted octanol–water partition coefficient (Wildman–Crippen LogP) is 2.76. The van der Waals surface area contributed by atoms with E-state index in [1.165, 1.54) is 19.5 Å². The Kier molecular flexibility index (Phi) is 8.73. The quantitative estimate of drug-likeness (QED) is 0.660. The number of aromatic nitrogens is 2. The Morgan fingerprint density at radius 1 is 1.32 bits per heavy atom. The van der Waals surface area contributed by atoms with Gasteiger partial charge in [-0.2, -0.15) is 18.3 Å². The number of alkyl halides is 3. The molecule has 0 aliphatic heterocycles. The van der Waals surface area contributed by atoms with E-state index in [1.54, 1.807) is 0 Å². The Morgan fingerprint density at radius 2 is 1.86 bits per heavy atom. The third kappa shape index (κ3) is 7.37. The molecular weight excluding hydrogens is 407 g/mol. The van der Waals surface area contributed by atoms with E-state index in [9.17, 15) is 27.9 Å². The molecule has 158 valence electrons. The summed E-state index contributed by atoms with van der Waals surface area (Å²) in [5.74, 6) is -3.88. The lowest BCUT2D eigenvalue weighted by atomic mass is 9.80. The highest BCUT2D eigenvalue weighted by molar-refractivity contribution is 6.29. The van der Waals surface area contributed by atoms with Gasteiger partial charge in [0.1, 0.15) is 5.69 Å². The summed E-state index contributed by atoms with van der Waals surface area (Å²) in [4.78, 5) is 32.3. The first-order valence-electron chi connectivity index (χ1n) is 8.44. The number of anilines is 1. The van der Waals surface area contributed by atoms with Gasteiger partial charge in [-0.25, -0.2) is 9.48 Å². The molecule has 28 heavy (non-hydrogen) atoms. The fraction of sp³-hybridized carbons (Fsp3) is 0.625. The summed E-state index contributed by atoms with van der Waals surface area (Å²) in [5.41, 5.74) is -0.0215. The van der Waals surface area contributed by atoms with Gasteiger partial charge in [0.25, 0.3) is 5.56 Å². The van der Waals surface area contributed by atoms with Gasteiger partial charge in [0, 0.05) is 19.7 Å². The molecule has 8 nitrogen and oxygen atoms in total. The largest absolute Gasteiger partial charge is 0.490 e. The molecule has 0 bridgehead atoms. The molecular formula is C16H21ClF3N3O5. The van der Waals surface area contributed by atoms with Crippen LogP contribution in [0.2, 0.25) is 5.15 Å². The molecule has 1 aliphatic carbocycles. The van der Waals surface area contributed by atoms with Crippen LogP contribution in [0.4, 0.5) is 18.9 Å². The molecule has 1 heterocycles. The third-order valence-electron chi connectivity index (χ3n) is 4.32. The minimum absolute atomic E-state index is 0.171. The summed E-state index contributed by atoms with van der Waals surface area (Å²) >= 11 is 5.82. The Bertz CT molecular complexity index is 748. The van der Waals surface area contributed by atoms with E-state index in [0.717, 1.165) is 30.4 Å². The Hall–Kier alpha value is -2.30. The second kappa shape index (κ2) is 10.3. The number of nitrogens with zero attached hydrogens (tertiary/aromatic N) is 2. The van der Waals surface area contributed by atoms with Crippen LogP contribution >= 0.6 is 11.6 Å². The van der Waals surface area contributed by atoms with Crippen LogP contribution in [0.25, 0.3) is 0 Å². The average Bonchev–Trinajstić information content (AvgIpc) is 2.59. The van der Waals surface area contributed by atoms with Crippen LogP contribution < -0.4 is 10.9 Å². The maximum Gasteiger partial charge on any atom is 0.490 e. The van der Waals surface area contributed by atoms with Gasteiger partial charge in [0.15, 0.2) is 5.15 Å². The van der Waals surface area contributed by atoms with E-state index < -0.39 is 24.0 Å². The molecule has 1 fully saturated rings. The number of aliphatic carboxylic acids is 2. The first-order chi connectivity index (χ1) is 12.9. The van der Waals surface area contributed by atoms with Crippen LogP contribution in [0, 0.1) is 11.8 Å². The summed E-state index contributed by atoms with van der Waals surface area (Å²) in [6.07, 6.45) is 0.132. The Balaban J connectivity index is 0.000000480. The summed E-state index contributed by atoms with van der Waals surface area (Å²) in [6.45, 7) is 0.232. The number of carboxylic acids is 2. The van der Waals surface area contributed by atoms with Crippen molar-refractivity contribution in [3.8, 4) is 0 Å². The molecule has 0 radical (unpaired) electrons. The first-order valence-corrected chi connectivity index (χ1v) is 8.82. The van der Waals surface area contributed by atoms with E-state index in [2.05, 4.69) is 10.4 Å². The van der Waals surface area contributed by atoms with Gasteiger partial charge in [0.2, 0.25) is 0 Å². The fourth-order valence-electron chi connectivity index (χ4n) is 2.91. The van der Waals surface area contributed by atoms with E-state index in [4.69, 9.17) is 21.5 Å². The zero-order valence-corrected chi connectivity index (χ0v) is 15.8. The third-order valence-corrected chi connectivity index (χ3v) is 4.51. The standard InChI is InChI=1S/C14H20ClN3O3.C2HF3O2/c1-18-13(19)11(7-12(15)17-18)16-8-10(14(20)21)9-5-3-2-4-6-9;3-2(4,5)1(6)7/h7,9-10,16H,2-6,8H2,1H3,(H,20,21);(H,6,7). The molecule has 1 unspecified atom stereocenters. The molecule has 0 amide bonds. The molecule has 3 N–H and O–H groups in total. The predicted molar refractivity (Wildman–Crippen MR) is 94.4 cm³/mol. The van der Waals surface area contributed by atoms with Crippen molar-refractivity contribution in [2.75, 3.05) is 11.9 Å². The molecule has 2 rings (SSSR count). The molecule has 1 aliphatic rings. The van der Waals surface area contributed by atoms with Crippen molar-refractivity contribution < 1.29 is 33.0 Å². The minimum atomic E-state index is -5.08. The van der Waals surface area contributed by atoms with Crippen LogP contribution in [0.1, 0.15) is 32.1 Å². The van der Waals surface area contributed by atoms with Gasteiger partial charge in [0.05, 0.1) is 5.92 Å². The van der Waals surface area contributed by atoms with Gasteiger partial charge in [-0.15, -0.1) is 0 Å². The maximum atomic E-state index is 11.9. The highest BCUT2D eigenvalue weighted by atomic mass is 35.5. The number of hydrogen-bond donors (Lipinski definition) is 3. The lowest BCUT2D eigenvalue weighted by Gasteiger charge is -2.27. The molecule has 1 aromatic rings. The number of halogens is 4. The number of hydrogen-bond acceptors (Lipinski definition) is 5. The molecule has 1 saturated carbocycles. The first kappa shape index (κ1) is 23.7. The van der Waals surface area contributed by atoms with Crippen LogP contribution in [-0.2, 0) is 16.6 Å². The van der Waals surface area contributed by atoms with Gasteiger partial charge in [-0.1, -0.05) is 30.9 Å². The summed E-state index contributed by atoms with van der Waals surface area (Å²) in [5, 5.41) is 23.5. The molecule has 1 atom stereocenters. The second-order valence-electron chi connectivity index (χ2n) is 6.34. The van der Waals surface area contributed by atoms with Crippen molar-refractivity contribution in [1.82, 2.24) is 9.78 Å². The fourth-order valence-corrected chi connectivity index (χ4v) is 3.13. The van der Waals surface area contributed by atoms with Gasteiger partial charge in [-0.3, -0.25) is 9.59 Å². The van der Waals surface area contributed by atoms with Gasteiger partial charge >= 0.3 is 18.1 Å². The van der Waals surface area contributed by atoms with Crippen molar-refractivity contribution in [2.45, 2.75) is 38.3 Å². The topological polar surface area (TPSA) is 122 Å². The highest BCUT2D eigenvalue weighted by Crippen LogP contribution is 2.30. The minimum Gasteiger partial charge on any atom is -0.481 e. The second-order valence-corrected chi connectivity index (χ2v) is 6.72. The van der Waals surface area contributed by atoms with E-state index in [1.807, 2.05) is 0 Å². The highest BCUT2D eigenvalue weighted by Gasteiger charge is 2.38. The van der Waals surface area contributed by atoms with Crippen molar-refractivity contribution in [1.29, 1.82) is 0 Å². The van der Waals surface area contributed by atoms with E-state index in [0.29, 0.717) is 5.69 Å². The van der Waals surface area contributed by atoms with E-state index in [-0.39, 0.29) is 23.2 Å². The maximum absolute atomic E-state index is 11.9. The van der Waals surface area contributed by atoms with Crippen LogP contribution in [-0.4, -0.2) is 44.7 Å². The average molecular weight is 428 g/mol. The van der Waals surface area contributed by atoms with Crippen molar-refractivity contribution in [2.24, 2.45) is 18.9 Å². The lowest BCUT2D eigenvalue weighted by molar-refractivity contribution is -0.192. The molecule has 0 saturated heterocycles. The number of carboxylic acid groups (broad SMARTS) is 2. The van der Waals surface area contributed by atoms with E-state index >= 15 is 0 Å². The zero-order chi connectivity index (χ0) is 21.5. The van der Waals surface area contributed by atoms with Crippen molar-refractivity contribution in [3.05, 3.63) is 21.6 Å². The van der Waals surface area contributed by atoms with Crippen molar-refractivity contribution >= 4 is 29.2 Å². The van der Waals surface area contributed by atoms with Crippen LogP contribution in [0.15, 0.2) is 10.9 Å². The summed E-state index contributed by atoms with van der Waals surface area (Å²) in [7, 11) is 1.51. The monoisotopic (exact) mass is 427 g/mol. The SMILES string of the molecule is Cn1nc(Cl)cc(NCC(C(=O)O)C2CCCCC2)c1=O.O=C(O)C(F)(F)F. The Labute approximate surface area is 163 Å². The van der Waals surface area contributed by atoms with Crippen LogP contribution in [0.5, 0.6) is 0 Å².